The number of nitrogens with zero attached hydrogens (tertiary/aromatic N) is 4. The lowest BCUT2D eigenvalue weighted by atomic mass is 10.3. The monoisotopic (exact) mass is 389 g/mol. The van der Waals surface area contributed by atoms with Crippen LogP contribution < -0.4 is 14.2 Å². The molecule has 0 atom stereocenters. The number of rotatable bonds is 5. The first-order valence-electron chi connectivity index (χ1n) is 8.51. The number of ether oxygens (including phenoxy) is 2. The predicted octanol–water partition coefficient (Wildman–Crippen LogP) is 1.03. The second-order valence-electron chi connectivity index (χ2n) is 6.21. The minimum absolute atomic E-state index is 0.135. The molecule has 27 heavy (non-hydrogen) atoms. The fraction of sp³-hybridized carbons (Fsp3) is 0.353. The Hall–Kier alpha value is -2.72. The van der Waals surface area contributed by atoms with Crippen LogP contribution in [0.3, 0.4) is 0 Å². The molecule has 0 spiro atoms. The Morgan fingerprint density at radius 1 is 1.11 bits per heavy atom. The van der Waals surface area contributed by atoms with Gasteiger partial charge in [-0.2, -0.15) is 5.10 Å². The molecule has 1 N–H and O–H groups in total. The number of nitrogens with one attached hydrogen (secondary N) is 1. The van der Waals surface area contributed by atoms with Crippen LogP contribution in [0.1, 0.15) is 17.1 Å². The van der Waals surface area contributed by atoms with Crippen molar-refractivity contribution in [1.29, 1.82) is 0 Å². The van der Waals surface area contributed by atoms with Gasteiger partial charge in [0, 0.05) is 19.0 Å². The molecule has 3 aromatic rings. The molecule has 0 saturated carbocycles. The molecule has 0 fully saturated rings. The van der Waals surface area contributed by atoms with Crippen LogP contribution in [-0.4, -0.2) is 47.8 Å². The van der Waals surface area contributed by atoms with Crippen LogP contribution in [0.5, 0.6) is 11.5 Å². The van der Waals surface area contributed by atoms with Gasteiger partial charge >= 0.3 is 0 Å². The van der Waals surface area contributed by atoms with Crippen molar-refractivity contribution in [2.24, 2.45) is 0 Å². The molecule has 0 saturated heterocycles. The summed E-state index contributed by atoms with van der Waals surface area (Å²) in [4.78, 5) is 8.88. The third kappa shape index (κ3) is 3.58. The van der Waals surface area contributed by atoms with E-state index in [1.807, 2.05) is 13.8 Å². The van der Waals surface area contributed by atoms with Crippen LogP contribution >= 0.6 is 0 Å². The van der Waals surface area contributed by atoms with E-state index >= 15 is 0 Å². The summed E-state index contributed by atoms with van der Waals surface area (Å²) in [6, 6.07) is 4.58. The summed E-state index contributed by atoms with van der Waals surface area (Å²) in [7, 11) is -3.66. The van der Waals surface area contributed by atoms with Crippen LogP contribution in [-0.2, 0) is 16.4 Å². The normalized spacial score (nSPS) is 13.9. The lowest BCUT2D eigenvalue weighted by molar-refractivity contribution is 0.171. The van der Waals surface area contributed by atoms with Gasteiger partial charge < -0.3 is 9.47 Å². The summed E-state index contributed by atoms with van der Waals surface area (Å²) >= 11 is 0. The molecule has 1 aliphatic rings. The van der Waals surface area contributed by atoms with Crippen LogP contribution in [0.4, 0.5) is 0 Å². The molecule has 0 amide bonds. The maximum atomic E-state index is 12.5. The fourth-order valence-corrected chi connectivity index (χ4v) is 3.78. The van der Waals surface area contributed by atoms with Gasteiger partial charge in [0.1, 0.15) is 13.2 Å². The number of aromatic nitrogens is 4. The number of imidazole rings is 1. The van der Waals surface area contributed by atoms with Crippen molar-refractivity contribution < 1.29 is 17.9 Å². The number of hydrogen-bond acceptors (Lipinski definition) is 7. The second kappa shape index (κ2) is 6.78. The van der Waals surface area contributed by atoms with Gasteiger partial charge in [-0.3, -0.25) is 0 Å². The highest BCUT2D eigenvalue weighted by Crippen LogP contribution is 2.32. The first-order chi connectivity index (χ1) is 12.9. The van der Waals surface area contributed by atoms with E-state index in [9.17, 15) is 8.42 Å². The van der Waals surface area contributed by atoms with Gasteiger partial charge in [0.2, 0.25) is 10.0 Å². The highest BCUT2D eigenvalue weighted by molar-refractivity contribution is 7.89. The maximum Gasteiger partial charge on any atom is 0.251 e. The summed E-state index contributed by atoms with van der Waals surface area (Å²) in [5, 5.41) is 4.37. The Kier molecular flexibility index (Phi) is 4.44. The molecule has 0 unspecified atom stereocenters. The van der Waals surface area contributed by atoms with Crippen LogP contribution in [0, 0.1) is 13.8 Å². The smallest absolute Gasteiger partial charge is 0.251 e. The van der Waals surface area contributed by atoms with Crippen molar-refractivity contribution in [3.63, 3.8) is 0 Å². The van der Waals surface area contributed by atoms with E-state index in [-0.39, 0.29) is 11.4 Å². The number of benzene rings is 1. The van der Waals surface area contributed by atoms with E-state index in [0.717, 1.165) is 11.4 Å². The summed E-state index contributed by atoms with van der Waals surface area (Å²) in [5.41, 5.74) is 2.36. The minimum Gasteiger partial charge on any atom is -0.486 e. The van der Waals surface area contributed by atoms with Gasteiger partial charge in [-0.25, -0.2) is 27.6 Å². The number of aryl methyl sites for hydroxylation is 2. The van der Waals surface area contributed by atoms with Crippen molar-refractivity contribution in [3.05, 3.63) is 41.5 Å². The zero-order valence-corrected chi connectivity index (χ0v) is 15.8. The summed E-state index contributed by atoms with van der Waals surface area (Å²) in [5.74, 6) is 1.49. The number of hydrogen-bond donors (Lipinski definition) is 1. The molecule has 0 bridgehead atoms. The minimum atomic E-state index is -3.66. The van der Waals surface area contributed by atoms with Gasteiger partial charge in [0.25, 0.3) is 5.78 Å². The van der Waals surface area contributed by atoms with E-state index < -0.39 is 10.0 Å². The topological polar surface area (TPSA) is 108 Å². The summed E-state index contributed by atoms with van der Waals surface area (Å²) in [6.45, 7) is 4.82. The summed E-state index contributed by atoms with van der Waals surface area (Å²) < 4.78 is 40.1. The van der Waals surface area contributed by atoms with Crippen molar-refractivity contribution in [3.8, 4) is 11.5 Å². The first-order valence-corrected chi connectivity index (χ1v) is 9.99. The molecule has 142 valence electrons. The third-order valence-electron chi connectivity index (χ3n) is 4.27. The Morgan fingerprint density at radius 2 is 1.89 bits per heavy atom. The maximum absolute atomic E-state index is 12.5. The van der Waals surface area contributed by atoms with Gasteiger partial charge in [0.15, 0.2) is 11.5 Å². The predicted molar refractivity (Wildman–Crippen MR) is 96.6 cm³/mol. The van der Waals surface area contributed by atoms with Gasteiger partial charge in [0.05, 0.1) is 28.2 Å². The van der Waals surface area contributed by atoms with Crippen molar-refractivity contribution in [2.75, 3.05) is 19.8 Å². The standard InChI is InChI=1S/C17H19N5O4S/c1-11-12(2)21-22-10-13(20-17(22)19-11)5-6-18-27(23,24)14-3-4-15-16(9-14)26-8-7-25-15/h3-4,9-10,18H,5-8H2,1-2H3. The lowest BCUT2D eigenvalue weighted by Gasteiger charge is -2.18. The van der Waals surface area contributed by atoms with Crippen LogP contribution in [0.25, 0.3) is 5.78 Å². The quantitative estimate of drug-likeness (QED) is 0.694. The molecule has 10 heteroatoms. The van der Waals surface area contributed by atoms with Gasteiger partial charge in [-0.15, -0.1) is 0 Å². The second-order valence-corrected chi connectivity index (χ2v) is 7.98. The average Bonchev–Trinajstić information content (AvgIpc) is 3.03. The first kappa shape index (κ1) is 17.7. The zero-order valence-electron chi connectivity index (χ0n) is 15.0. The Balaban J connectivity index is 1.45. The zero-order chi connectivity index (χ0) is 19.0. The van der Waals surface area contributed by atoms with Crippen LogP contribution in [0.15, 0.2) is 29.3 Å². The molecule has 3 heterocycles. The van der Waals surface area contributed by atoms with Crippen LogP contribution in [0.2, 0.25) is 0 Å². The molecular formula is C17H19N5O4S. The van der Waals surface area contributed by atoms with Crippen molar-refractivity contribution >= 4 is 15.8 Å². The average molecular weight is 389 g/mol. The van der Waals surface area contributed by atoms with E-state index in [1.165, 1.54) is 12.1 Å². The van der Waals surface area contributed by atoms with E-state index in [0.29, 0.717) is 42.6 Å². The molecule has 9 nitrogen and oxygen atoms in total. The van der Waals surface area contributed by atoms with Crippen molar-refractivity contribution in [2.45, 2.75) is 25.2 Å². The Morgan fingerprint density at radius 3 is 2.70 bits per heavy atom. The largest absolute Gasteiger partial charge is 0.486 e. The molecule has 1 aromatic carbocycles. The Bertz CT molecular complexity index is 1070. The molecule has 0 aliphatic carbocycles. The molecule has 2 aromatic heterocycles. The Labute approximate surface area is 156 Å². The van der Waals surface area contributed by atoms with Gasteiger partial charge in [-0.05, 0) is 26.0 Å². The number of fused-ring (bicyclic) bond motifs is 2. The fourth-order valence-electron chi connectivity index (χ4n) is 2.73. The molecular weight excluding hydrogens is 370 g/mol. The van der Waals surface area contributed by atoms with E-state index in [1.54, 1.807) is 16.8 Å². The SMILES string of the molecule is Cc1nc2nc(CCNS(=O)(=O)c3ccc4c(c3)OCCO4)cn2nc1C. The molecule has 0 radical (unpaired) electrons. The van der Waals surface area contributed by atoms with Gasteiger partial charge in [-0.1, -0.05) is 0 Å². The van der Waals surface area contributed by atoms with E-state index in [4.69, 9.17) is 9.47 Å². The summed E-state index contributed by atoms with van der Waals surface area (Å²) in [6.07, 6.45) is 2.18. The number of sulfonamides is 1. The third-order valence-corrected chi connectivity index (χ3v) is 5.72. The lowest BCUT2D eigenvalue weighted by Crippen LogP contribution is -2.26. The molecule has 1 aliphatic heterocycles. The highest BCUT2D eigenvalue weighted by Gasteiger charge is 2.19. The highest BCUT2D eigenvalue weighted by atomic mass is 32.2. The van der Waals surface area contributed by atoms with E-state index in [2.05, 4.69) is 19.8 Å². The van der Waals surface area contributed by atoms with Crippen molar-refractivity contribution in [1.82, 2.24) is 24.3 Å². The molecule has 4 rings (SSSR count).